The topological polar surface area (TPSA) is 110 Å². The van der Waals surface area contributed by atoms with Gasteiger partial charge in [-0.25, -0.2) is 21.8 Å². The van der Waals surface area contributed by atoms with E-state index in [1.165, 1.54) is 29.0 Å². The monoisotopic (exact) mass is 468 g/mol. The average Bonchev–Trinajstić information content (AvgIpc) is 3.00. The maximum absolute atomic E-state index is 12.8. The van der Waals surface area contributed by atoms with E-state index in [2.05, 4.69) is 4.98 Å². The number of hydrogen-bond acceptors (Lipinski definition) is 6. The third-order valence-electron chi connectivity index (χ3n) is 5.32. The number of aromatic nitrogens is 2. The van der Waals surface area contributed by atoms with E-state index in [1.807, 2.05) is 0 Å². The van der Waals surface area contributed by atoms with Crippen molar-refractivity contribution in [2.75, 3.05) is 26.2 Å². The van der Waals surface area contributed by atoms with Crippen LogP contribution in [0.1, 0.15) is 25.8 Å². The lowest BCUT2D eigenvalue weighted by atomic mass is 10.1. The van der Waals surface area contributed by atoms with E-state index in [4.69, 9.17) is 0 Å². The van der Waals surface area contributed by atoms with Crippen molar-refractivity contribution in [2.45, 2.75) is 41.9 Å². The van der Waals surface area contributed by atoms with Gasteiger partial charge in [-0.05, 0) is 38.0 Å². The maximum Gasteiger partial charge on any atom is 0.262 e. The van der Waals surface area contributed by atoms with Gasteiger partial charge in [0.2, 0.25) is 5.91 Å². The Balaban J connectivity index is 1.63. The molecule has 0 spiro atoms. The molecule has 1 aliphatic heterocycles. The van der Waals surface area contributed by atoms with Crippen LogP contribution in [0.5, 0.6) is 0 Å². The molecule has 0 radical (unpaired) electrons. The highest BCUT2D eigenvalue weighted by atomic mass is 32.2. The van der Waals surface area contributed by atoms with Gasteiger partial charge in [-0.2, -0.15) is 4.31 Å². The molecule has 11 heteroatoms. The van der Waals surface area contributed by atoms with Gasteiger partial charge in [0, 0.05) is 39.4 Å². The summed E-state index contributed by atoms with van der Waals surface area (Å²) in [6.45, 7) is 4.55. The molecule has 9 nitrogen and oxygen atoms in total. The first-order valence-electron chi connectivity index (χ1n) is 10.1. The second-order valence-corrected chi connectivity index (χ2v) is 12.3. The molecule has 0 N–H and O–H groups in total. The fraction of sp³-hybridized carbons (Fsp3) is 0.500. The third kappa shape index (κ3) is 5.16. The van der Waals surface area contributed by atoms with Crippen molar-refractivity contribution >= 4 is 25.8 Å². The number of sulfonamides is 1. The lowest BCUT2D eigenvalue weighted by molar-refractivity contribution is -0.130. The molecule has 0 atom stereocenters. The molecular weight excluding hydrogens is 440 g/mol. The van der Waals surface area contributed by atoms with Gasteiger partial charge in [0.1, 0.15) is 0 Å². The summed E-state index contributed by atoms with van der Waals surface area (Å²) < 4.78 is 53.0. The Morgan fingerprint density at radius 2 is 1.71 bits per heavy atom. The largest absolute Gasteiger partial charge is 0.341 e. The number of aryl methyl sites for hydroxylation is 1. The van der Waals surface area contributed by atoms with Crippen molar-refractivity contribution in [3.8, 4) is 0 Å². The van der Waals surface area contributed by atoms with Crippen LogP contribution in [0.3, 0.4) is 0 Å². The summed E-state index contributed by atoms with van der Waals surface area (Å²) in [4.78, 5) is 18.6. The number of benzene rings is 1. The molecule has 2 aromatic rings. The zero-order valence-corrected chi connectivity index (χ0v) is 19.6. The van der Waals surface area contributed by atoms with Gasteiger partial charge in [0.15, 0.2) is 14.9 Å². The molecule has 1 fully saturated rings. The van der Waals surface area contributed by atoms with E-state index in [0.717, 1.165) is 5.56 Å². The number of amides is 1. The molecule has 0 aliphatic carbocycles. The highest BCUT2D eigenvalue weighted by molar-refractivity contribution is 7.92. The maximum atomic E-state index is 12.8. The Morgan fingerprint density at radius 3 is 2.29 bits per heavy atom. The van der Waals surface area contributed by atoms with Gasteiger partial charge in [-0.1, -0.05) is 12.1 Å². The predicted octanol–water partition coefficient (Wildman–Crippen LogP) is 1.07. The molecule has 1 amide bonds. The van der Waals surface area contributed by atoms with E-state index in [1.54, 1.807) is 42.5 Å². The molecule has 0 saturated carbocycles. The fourth-order valence-corrected chi connectivity index (χ4v) is 5.89. The summed E-state index contributed by atoms with van der Waals surface area (Å²) >= 11 is 0. The Hall–Kier alpha value is -2.24. The summed E-state index contributed by atoms with van der Waals surface area (Å²) in [5.74, 6) is -0.114. The van der Waals surface area contributed by atoms with Crippen molar-refractivity contribution in [1.29, 1.82) is 0 Å². The summed E-state index contributed by atoms with van der Waals surface area (Å²) in [5.41, 5.74) is 0.718. The number of nitrogens with zero attached hydrogens (tertiary/aromatic N) is 4. The number of rotatable bonds is 6. The zero-order chi connectivity index (χ0) is 22.8. The molecule has 2 heterocycles. The molecule has 1 saturated heterocycles. The fourth-order valence-electron chi connectivity index (χ4n) is 3.39. The molecule has 3 rings (SSSR count). The van der Waals surface area contributed by atoms with Crippen molar-refractivity contribution in [3.05, 3.63) is 42.4 Å². The SMILES string of the molecule is CC(C)S(=O)(=O)c1ccc(CC(=O)N2CCCN(S(=O)(=O)c3cn(C)cn3)CC2)cc1. The minimum absolute atomic E-state index is 0.00576. The van der Waals surface area contributed by atoms with Crippen LogP contribution in [-0.4, -0.2) is 72.9 Å². The quantitative estimate of drug-likeness (QED) is 0.627. The number of hydrogen-bond donors (Lipinski definition) is 0. The third-order valence-corrected chi connectivity index (χ3v) is 9.28. The van der Waals surface area contributed by atoms with Crippen LogP contribution in [-0.2, 0) is 38.1 Å². The van der Waals surface area contributed by atoms with Crippen LogP contribution >= 0.6 is 0 Å². The Morgan fingerprint density at radius 1 is 1.03 bits per heavy atom. The van der Waals surface area contributed by atoms with Crippen LogP contribution in [0.15, 0.2) is 46.7 Å². The van der Waals surface area contributed by atoms with Crippen molar-refractivity contribution in [1.82, 2.24) is 18.8 Å². The number of imidazole rings is 1. The molecular formula is C20H28N4O5S2. The Labute approximate surface area is 183 Å². The molecule has 31 heavy (non-hydrogen) atoms. The van der Waals surface area contributed by atoms with Gasteiger partial charge < -0.3 is 9.47 Å². The van der Waals surface area contributed by atoms with Crippen molar-refractivity contribution in [2.24, 2.45) is 7.05 Å². The van der Waals surface area contributed by atoms with Crippen molar-refractivity contribution < 1.29 is 21.6 Å². The van der Waals surface area contributed by atoms with E-state index >= 15 is 0 Å². The minimum atomic E-state index is -3.69. The number of carbonyl (C=O) groups excluding carboxylic acids is 1. The number of carbonyl (C=O) groups is 1. The average molecular weight is 469 g/mol. The summed E-state index contributed by atoms with van der Waals surface area (Å²) in [6.07, 6.45) is 3.57. The lowest BCUT2D eigenvalue weighted by Crippen LogP contribution is -2.38. The van der Waals surface area contributed by atoms with Gasteiger partial charge in [0.05, 0.1) is 22.9 Å². The van der Waals surface area contributed by atoms with Gasteiger partial charge in [-0.3, -0.25) is 4.79 Å². The first-order chi connectivity index (χ1) is 14.5. The first-order valence-corrected chi connectivity index (χ1v) is 13.1. The Bertz CT molecular complexity index is 1140. The van der Waals surface area contributed by atoms with Gasteiger partial charge >= 0.3 is 0 Å². The van der Waals surface area contributed by atoms with Crippen LogP contribution in [0.4, 0.5) is 0 Å². The first kappa shape index (κ1) is 23.4. The van der Waals surface area contributed by atoms with Crippen LogP contribution in [0, 0.1) is 0 Å². The van der Waals surface area contributed by atoms with Crippen LogP contribution in [0.25, 0.3) is 0 Å². The molecule has 0 bridgehead atoms. The Kier molecular flexibility index (Phi) is 6.87. The standard InChI is InChI=1S/C20H28N4O5S2/c1-16(2)30(26,27)18-7-5-17(6-8-18)13-20(25)23-9-4-10-24(12-11-23)31(28,29)19-14-22(3)15-21-19/h5-8,14-16H,4,9-13H2,1-3H3. The van der Waals surface area contributed by atoms with Gasteiger partial charge in [0.25, 0.3) is 10.0 Å². The van der Waals surface area contributed by atoms with E-state index < -0.39 is 25.1 Å². The molecule has 0 unspecified atom stereocenters. The lowest BCUT2D eigenvalue weighted by Gasteiger charge is -2.21. The normalized spacial score (nSPS) is 16.5. The molecule has 1 aromatic carbocycles. The second-order valence-electron chi connectivity index (χ2n) is 7.93. The molecule has 1 aliphatic rings. The zero-order valence-electron chi connectivity index (χ0n) is 17.9. The predicted molar refractivity (Wildman–Crippen MR) is 116 cm³/mol. The van der Waals surface area contributed by atoms with Crippen LogP contribution in [0.2, 0.25) is 0 Å². The summed E-state index contributed by atoms with van der Waals surface area (Å²) in [6, 6.07) is 6.37. The van der Waals surface area contributed by atoms with Gasteiger partial charge in [-0.15, -0.1) is 0 Å². The highest BCUT2D eigenvalue weighted by Gasteiger charge is 2.29. The highest BCUT2D eigenvalue weighted by Crippen LogP contribution is 2.19. The molecule has 1 aromatic heterocycles. The molecule has 170 valence electrons. The second kappa shape index (κ2) is 9.09. The minimum Gasteiger partial charge on any atom is -0.341 e. The number of sulfone groups is 1. The summed E-state index contributed by atoms with van der Waals surface area (Å²) in [5, 5.41) is -0.506. The summed E-state index contributed by atoms with van der Waals surface area (Å²) in [7, 11) is -5.34. The van der Waals surface area contributed by atoms with E-state index in [-0.39, 0.29) is 28.8 Å². The van der Waals surface area contributed by atoms with Crippen LogP contribution < -0.4 is 0 Å². The van der Waals surface area contributed by atoms with E-state index in [0.29, 0.717) is 26.1 Å². The van der Waals surface area contributed by atoms with E-state index in [9.17, 15) is 21.6 Å². The smallest absolute Gasteiger partial charge is 0.262 e. The van der Waals surface area contributed by atoms with Crippen molar-refractivity contribution in [3.63, 3.8) is 0 Å².